The molecule has 3 N–H and O–H groups in total. The molecule has 1 saturated carbocycles. The van der Waals surface area contributed by atoms with E-state index in [-0.39, 0.29) is 24.2 Å². The van der Waals surface area contributed by atoms with E-state index in [9.17, 15) is 9.59 Å². The molecule has 0 spiro atoms. The van der Waals surface area contributed by atoms with Crippen LogP contribution in [0.1, 0.15) is 36.9 Å². The van der Waals surface area contributed by atoms with Crippen LogP contribution in [0.3, 0.4) is 0 Å². The Balaban J connectivity index is 0.00000243. The standard InChI is InChI=1S/C20H23N3O2.ClH/c1-14(24)23(18-11-12-18)13-15-7-9-17(10-8-15)22-20(25)19(21)16-5-3-2-4-6-16;/h2-10,18-19H,11-13,21H2,1H3,(H,22,25);1H. The van der Waals surface area contributed by atoms with E-state index in [1.165, 1.54) is 0 Å². The Morgan fingerprint density at radius 1 is 1.12 bits per heavy atom. The molecule has 6 heteroatoms. The fourth-order valence-corrected chi connectivity index (χ4v) is 2.81. The Hall–Kier alpha value is -2.37. The van der Waals surface area contributed by atoms with E-state index in [1.54, 1.807) is 6.92 Å². The van der Waals surface area contributed by atoms with Gasteiger partial charge in [0, 0.05) is 25.2 Å². The molecule has 0 radical (unpaired) electrons. The van der Waals surface area contributed by atoms with Crippen LogP contribution in [0, 0.1) is 0 Å². The lowest BCUT2D eigenvalue weighted by molar-refractivity contribution is -0.130. The molecule has 138 valence electrons. The molecular weight excluding hydrogens is 350 g/mol. The Bertz CT molecular complexity index is 745. The second-order valence-electron chi connectivity index (χ2n) is 6.45. The van der Waals surface area contributed by atoms with Crippen molar-refractivity contribution < 1.29 is 9.59 Å². The van der Waals surface area contributed by atoms with Crippen LogP contribution in [0.25, 0.3) is 0 Å². The second kappa shape index (κ2) is 8.83. The Morgan fingerprint density at radius 3 is 2.27 bits per heavy atom. The van der Waals surface area contributed by atoms with Gasteiger partial charge in [-0.3, -0.25) is 9.59 Å². The normalized spacial score (nSPS) is 14.1. The molecule has 1 fully saturated rings. The molecule has 0 aliphatic heterocycles. The Morgan fingerprint density at radius 2 is 1.73 bits per heavy atom. The number of nitrogens with zero attached hydrogens (tertiary/aromatic N) is 1. The fraction of sp³-hybridized carbons (Fsp3) is 0.300. The van der Waals surface area contributed by atoms with E-state index < -0.39 is 6.04 Å². The number of anilines is 1. The monoisotopic (exact) mass is 373 g/mol. The summed E-state index contributed by atoms with van der Waals surface area (Å²) in [6.07, 6.45) is 2.18. The van der Waals surface area contributed by atoms with Gasteiger partial charge in [0.2, 0.25) is 11.8 Å². The molecule has 2 aromatic rings. The molecule has 0 saturated heterocycles. The van der Waals surface area contributed by atoms with Crippen LogP contribution < -0.4 is 11.1 Å². The molecule has 26 heavy (non-hydrogen) atoms. The van der Waals surface area contributed by atoms with Crippen LogP contribution in [0.15, 0.2) is 54.6 Å². The van der Waals surface area contributed by atoms with Crippen molar-refractivity contribution in [1.29, 1.82) is 0 Å². The van der Waals surface area contributed by atoms with Crippen LogP contribution in [0.5, 0.6) is 0 Å². The number of halogens is 1. The molecule has 1 aliphatic rings. The zero-order valence-corrected chi connectivity index (χ0v) is 15.5. The molecule has 3 rings (SSSR count). The maximum atomic E-state index is 12.3. The number of carbonyl (C=O) groups is 2. The van der Waals surface area contributed by atoms with Gasteiger partial charge in [0.15, 0.2) is 0 Å². The lowest BCUT2D eigenvalue weighted by Crippen LogP contribution is -2.30. The van der Waals surface area contributed by atoms with Crippen molar-refractivity contribution in [2.45, 2.75) is 38.4 Å². The second-order valence-corrected chi connectivity index (χ2v) is 6.45. The largest absolute Gasteiger partial charge is 0.336 e. The predicted octanol–water partition coefficient (Wildman–Crippen LogP) is 3.26. The quantitative estimate of drug-likeness (QED) is 0.816. The average molecular weight is 374 g/mol. The number of nitrogens with one attached hydrogen (secondary N) is 1. The van der Waals surface area contributed by atoms with Crippen LogP contribution in [0.2, 0.25) is 0 Å². The minimum absolute atomic E-state index is 0. The zero-order chi connectivity index (χ0) is 17.8. The van der Waals surface area contributed by atoms with E-state index in [0.717, 1.165) is 24.0 Å². The number of hydrogen-bond acceptors (Lipinski definition) is 3. The third kappa shape index (κ3) is 5.07. The molecule has 0 bridgehead atoms. The third-order valence-electron chi connectivity index (χ3n) is 4.41. The van der Waals surface area contributed by atoms with Crippen molar-refractivity contribution >= 4 is 29.9 Å². The first kappa shape index (κ1) is 19.9. The van der Waals surface area contributed by atoms with E-state index in [1.807, 2.05) is 59.5 Å². The highest BCUT2D eigenvalue weighted by Crippen LogP contribution is 2.28. The summed E-state index contributed by atoms with van der Waals surface area (Å²) in [5.41, 5.74) is 8.52. The van der Waals surface area contributed by atoms with Gasteiger partial charge >= 0.3 is 0 Å². The van der Waals surface area contributed by atoms with Crippen molar-refractivity contribution in [3.05, 3.63) is 65.7 Å². The summed E-state index contributed by atoms with van der Waals surface area (Å²) in [5, 5.41) is 2.83. The number of rotatable bonds is 6. The van der Waals surface area contributed by atoms with Gasteiger partial charge in [0.05, 0.1) is 0 Å². The van der Waals surface area contributed by atoms with Gasteiger partial charge in [0.25, 0.3) is 0 Å². The van der Waals surface area contributed by atoms with Crippen LogP contribution >= 0.6 is 12.4 Å². The highest BCUT2D eigenvalue weighted by molar-refractivity contribution is 5.95. The number of nitrogens with two attached hydrogens (primary N) is 1. The number of benzene rings is 2. The Labute approximate surface area is 160 Å². The van der Waals surface area contributed by atoms with Crippen molar-refractivity contribution in [2.24, 2.45) is 5.73 Å². The molecule has 2 aromatic carbocycles. The van der Waals surface area contributed by atoms with Crippen molar-refractivity contribution in [3.63, 3.8) is 0 Å². The predicted molar refractivity (Wildman–Crippen MR) is 105 cm³/mol. The van der Waals surface area contributed by atoms with E-state index >= 15 is 0 Å². The molecule has 1 atom stereocenters. The number of carbonyl (C=O) groups excluding carboxylic acids is 2. The molecule has 0 aromatic heterocycles. The summed E-state index contributed by atoms with van der Waals surface area (Å²) in [6, 6.07) is 16.5. The maximum Gasteiger partial charge on any atom is 0.245 e. The van der Waals surface area contributed by atoms with Crippen LogP contribution in [0.4, 0.5) is 5.69 Å². The van der Waals surface area contributed by atoms with E-state index in [0.29, 0.717) is 18.3 Å². The lowest BCUT2D eigenvalue weighted by Gasteiger charge is -2.20. The van der Waals surface area contributed by atoms with Crippen molar-refractivity contribution in [2.75, 3.05) is 5.32 Å². The molecule has 0 heterocycles. The minimum Gasteiger partial charge on any atom is -0.336 e. The van der Waals surface area contributed by atoms with Crippen LogP contribution in [-0.2, 0) is 16.1 Å². The lowest BCUT2D eigenvalue weighted by atomic mass is 10.1. The first-order valence-electron chi connectivity index (χ1n) is 8.52. The summed E-state index contributed by atoms with van der Waals surface area (Å²) in [7, 11) is 0. The van der Waals surface area contributed by atoms with Crippen molar-refractivity contribution in [3.8, 4) is 0 Å². The number of hydrogen-bond donors (Lipinski definition) is 2. The van der Waals surface area contributed by atoms with Crippen LogP contribution in [-0.4, -0.2) is 22.8 Å². The summed E-state index contributed by atoms with van der Waals surface area (Å²) in [5.74, 6) is -0.143. The first-order valence-corrected chi connectivity index (χ1v) is 8.52. The molecule has 1 aliphatic carbocycles. The highest BCUT2D eigenvalue weighted by atomic mass is 35.5. The summed E-state index contributed by atoms with van der Waals surface area (Å²) in [4.78, 5) is 25.9. The Kier molecular flexibility index (Phi) is 6.77. The first-order chi connectivity index (χ1) is 12.0. The van der Waals surface area contributed by atoms with Gasteiger partial charge in [-0.05, 0) is 36.1 Å². The van der Waals surface area contributed by atoms with Gasteiger partial charge < -0.3 is 16.0 Å². The molecule has 5 nitrogen and oxygen atoms in total. The third-order valence-corrected chi connectivity index (χ3v) is 4.41. The average Bonchev–Trinajstić information content (AvgIpc) is 3.45. The SMILES string of the molecule is CC(=O)N(Cc1ccc(NC(=O)C(N)c2ccccc2)cc1)C1CC1.Cl. The highest BCUT2D eigenvalue weighted by Gasteiger charge is 2.30. The summed E-state index contributed by atoms with van der Waals surface area (Å²) < 4.78 is 0. The van der Waals surface area contributed by atoms with E-state index in [2.05, 4.69) is 5.32 Å². The zero-order valence-electron chi connectivity index (χ0n) is 14.7. The van der Waals surface area contributed by atoms with Crippen molar-refractivity contribution in [1.82, 2.24) is 4.90 Å². The smallest absolute Gasteiger partial charge is 0.245 e. The van der Waals surface area contributed by atoms with Gasteiger partial charge in [-0.15, -0.1) is 12.4 Å². The summed E-state index contributed by atoms with van der Waals surface area (Å²) >= 11 is 0. The van der Waals surface area contributed by atoms with Gasteiger partial charge in [0.1, 0.15) is 6.04 Å². The minimum atomic E-state index is -0.705. The maximum absolute atomic E-state index is 12.3. The summed E-state index contributed by atoms with van der Waals surface area (Å²) in [6.45, 7) is 2.22. The molecule has 2 amide bonds. The molecule has 1 unspecified atom stereocenters. The number of amides is 2. The van der Waals surface area contributed by atoms with Gasteiger partial charge in [-0.25, -0.2) is 0 Å². The fourth-order valence-electron chi connectivity index (χ4n) is 2.81. The molecular formula is C20H24ClN3O2. The van der Waals surface area contributed by atoms with E-state index in [4.69, 9.17) is 5.73 Å². The van der Waals surface area contributed by atoms with Gasteiger partial charge in [-0.1, -0.05) is 42.5 Å². The topological polar surface area (TPSA) is 75.4 Å². The van der Waals surface area contributed by atoms with Gasteiger partial charge in [-0.2, -0.15) is 0 Å².